The summed E-state index contributed by atoms with van der Waals surface area (Å²) in [6.07, 6.45) is 1.53. The molecule has 0 fully saturated rings. The molecule has 0 spiro atoms. The van der Waals surface area contributed by atoms with E-state index < -0.39 is 16.9 Å². The van der Waals surface area contributed by atoms with Crippen molar-refractivity contribution in [1.29, 1.82) is 0 Å². The van der Waals surface area contributed by atoms with Crippen LogP contribution in [0.4, 0.5) is 5.69 Å². The maximum absolute atomic E-state index is 12.9. The lowest BCUT2D eigenvalue weighted by molar-refractivity contribution is -0.385. The van der Waals surface area contributed by atoms with Crippen molar-refractivity contribution >= 4 is 17.6 Å². The lowest BCUT2D eigenvalue weighted by Crippen LogP contribution is -2.13. The molecule has 1 heterocycles. The van der Waals surface area contributed by atoms with E-state index in [2.05, 4.69) is 4.98 Å². The molecule has 158 valence electrons. The molecule has 8 nitrogen and oxygen atoms in total. The van der Waals surface area contributed by atoms with Crippen LogP contribution in [0.1, 0.15) is 44.3 Å². The summed E-state index contributed by atoms with van der Waals surface area (Å²) in [5.74, 6) is -1.91. The molecule has 2 aromatic carbocycles. The minimum Gasteiger partial charge on any atom is -0.478 e. The van der Waals surface area contributed by atoms with Crippen molar-refractivity contribution in [1.82, 2.24) is 4.98 Å². The summed E-state index contributed by atoms with van der Waals surface area (Å²) in [5.41, 5.74) is 2.28. The van der Waals surface area contributed by atoms with E-state index in [4.69, 9.17) is 9.84 Å². The Labute approximate surface area is 178 Å². The third-order valence-electron chi connectivity index (χ3n) is 4.84. The van der Waals surface area contributed by atoms with E-state index in [1.54, 1.807) is 38.1 Å². The molecule has 3 rings (SSSR count). The first-order chi connectivity index (χ1) is 14.8. The van der Waals surface area contributed by atoms with Crippen LogP contribution in [0.2, 0.25) is 0 Å². The Balaban J connectivity index is 2.10. The van der Waals surface area contributed by atoms with E-state index in [0.717, 1.165) is 5.56 Å². The molecule has 31 heavy (non-hydrogen) atoms. The lowest BCUT2D eigenvalue weighted by Gasteiger charge is -2.16. The van der Waals surface area contributed by atoms with Crippen molar-refractivity contribution in [2.75, 3.05) is 0 Å². The smallest absolute Gasteiger partial charge is 0.345 e. The normalized spacial score (nSPS) is 10.5. The molecule has 0 amide bonds. The highest BCUT2D eigenvalue weighted by Gasteiger charge is 2.29. The van der Waals surface area contributed by atoms with Gasteiger partial charge in [0.25, 0.3) is 5.69 Å². The average Bonchev–Trinajstić information content (AvgIpc) is 2.77. The van der Waals surface area contributed by atoms with Crippen LogP contribution in [-0.4, -0.2) is 27.0 Å². The van der Waals surface area contributed by atoms with Gasteiger partial charge in [0.15, 0.2) is 0 Å². The van der Waals surface area contributed by atoms with Crippen molar-refractivity contribution in [3.05, 3.63) is 92.7 Å². The Bertz CT molecular complexity index is 1140. The highest BCUT2D eigenvalue weighted by Crippen LogP contribution is 2.35. The number of nitro benzene ring substituents is 1. The fourth-order valence-corrected chi connectivity index (χ4v) is 3.41. The molecule has 0 radical (unpaired) electrons. The number of ether oxygens (including phenoxy) is 1. The number of carbonyl (C=O) groups is 2. The molecule has 0 bridgehead atoms. The Kier molecular flexibility index (Phi) is 6.40. The zero-order valence-electron chi connectivity index (χ0n) is 17.0. The number of pyridine rings is 1. The molecule has 1 aromatic heterocycles. The second-order valence-corrected chi connectivity index (χ2v) is 6.85. The number of aryl methyl sites for hydroxylation is 1. The van der Waals surface area contributed by atoms with Gasteiger partial charge in [-0.15, -0.1) is 0 Å². The quantitative estimate of drug-likeness (QED) is 0.337. The van der Waals surface area contributed by atoms with E-state index in [1.165, 1.54) is 24.4 Å². The van der Waals surface area contributed by atoms with Crippen LogP contribution in [0, 0.1) is 17.0 Å². The molecule has 0 aliphatic carbocycles. The van der Waals surface area contributed by atoms with Gasteiger partial charge in [-0.3, -0.25) is 15.1 Å². The molecule has 3 aromatic rings. The second-order valence-electron chi connectivity index (χ2n) is 6.85. The van der Waals surface area contributed by atoms with Gasteiger partial charge in [0, 0.05) is 17.8 Å². The monoisotopic (exact) mass is 420 g/mol. The molecule has 0 aliphatic heterocycles. The molecule has 1 N–H and O–H groups in total. The van der Waals surface area contributed by atoms with Gasteiger partial charge in [-0.25, -0.2) is 9.59 Å². The van der Waals surface area contributed by atoms with Crippen LogP contribution < -0.4 is 0 Å². The third kappa shape index (κ3) is 4.58. The summed E-state index contributed by atoms with van der Waals surface area (Å²) < 4.78 is 5.39. The third-order valence-corrected chi connectivity index (χ3v) is 4.84. The SMILES string of the molecule is CCc1c(C(=O)OCc2ccccc2)c([N+](=O)[O-])cc(C)c1-c1ccc(C(=O)O)cn1. The minimum absolute atomic E-state index is 0.0175. The standard InChI is InChI=1S/C23H20N2O6/c1-3-17-20(18-10-9-16(12-24-18)22(26)27)14(2)11-19(25(29)30)21(17)23(28)31-13-15-7-5-4-6-8-15/h4-12H,3,13H2,1-2H3,(H,26,27). The van der Waals surface area contributed by atoms with Gasteiger partial charge in [-0.1, -0.05) is 37.3 Å². The maximum Gasteiger partial charge on any atom is 0.345 e. The Morgan fingerprint density at radius 2 is 1.87 bits per heavy atom. The van der Waals surface area contributed by atoms with E-state index in [9.17, 15) is 19.7 Å². The predicted molar refractivity (Wildman–Crippen MR) is 113 cm³/mol. The van der Waals surface area contributed by atoms with Gasteiger partial charge in [0.2, 0.25) is 0 Å². The summed E-state index contributed by atoms with van der Waals surface area (Å²) in [7, 11) is 0. The van der Waals surface area contributed by atoms with E-state index in [-0.39, 0.29) is 23.4 Å². The molecule has 0 unspecified atom stereocenters. The van der Waals surface area contributed by atoms with Gasteiger partial charge >= 0.3 is 11.9 Å². The average molecular weight is 420 g/mol. The molecule has 0 aliphatic rings. The summed E-state index contributed by atoms with van der Waals surface area (Å²) in [6.45, 7) is 3.45. The lowest BCUT2D eigenvalue weighted by atomic mass is 9.90. The number of hydrogen-bond donors (Lipinski definition) is 1. The highest BCUT2D eigenvalue weighted by atomic mass is 16.6. The molecular formula is C23H20N2O6. The van der Waals surface area contributed by atoms with E-state index in [1.807, 2.05) is 6.07 Å². The summed E-state index contributed by atoms with van der Waals surface area (Å²) >= 11 is 0. The van der Waals surface area contributed by atoms with Gasteiger partial charge < -0.3 is 9.84 Å². The van der Waals surface area contributed by atoms with Gasteiger partial charge in [0.1, 0.15) is 12.2 Å². The van der Waals surface area contributed by atoms with Crippen LogP contribution >= 0.6 is 0 Å². The topological polar surface area (TPSA) is 120 Å². The zero-order valence-corrected chi connectivity index (χ0v) is 17.0. The van der Waals surface area contributed by atoms with Crippen molar-refractivity contribution in [2.45, 2.75) is 26.9 Å². The maximum atomic E-state index is 12.9. The van der Waals surface area contributed by atoms with Gasteiger partial charge in [0.05, 0.1) is 16.2 Å². The number of aromatic carboxylic acids is 1. The number of rotatable bonds is 7. The van der Waals surface area contributed by atoms with Crippen LogP contribution in [-0.2, 0) is 17.8 Å². The first kappa shape index (κ1) is 21.6. The summed E-state index contributed by atoms with van der Waals surface area (Å²) in [6, 6.07) is 13.3. The number of carbonyl (C=O) groups excluding carboxylic acids is 1. The summed E-state index contributed by atoms with van der Waals surface area (Å²) in [5, 5.41) is 20.8. The number of nitro groups is 1. The van der Waals surface area contributed by atoms with E-state index >= 15 is 0 Å². The minimum atomic E-state index is -1.11. The van der Waals surface area contributed by atoms with Crippen molar-refractivity contribution < 1.29 is 24.4 Å². The Hall–Kier alpha value is -4.07. The van der Waals surface area contributed by atoms with Crippen LogP contribution in [0.3, 0.4) is 0 Å². The number of aromatic nitrogens is 1. The summed E-state index contributed by atoms with van der Waals surface area (Å²) in [4.78, 5) is 39.4. The van der Waals surface area contributed by atoms with Crippen LogP contribution in [0.5, 0.6) is 0 Å². The van der Waals surface area contributed by atoms with Gasteiger partial charge in [-0.2, -0.15) is 0 Å². The fraction of sp³-hybridized carbons (Fsp3) is 0.174. The molecule has 0 atom stereocenters. The fourth-order valence-electron chi connectivity index (χ4n) is 3.41. The van der Waals surface area contributed by atoms with Gasteiger partial charge in [-0.05, 0) is 42.2 Å². The van der Waals surface area contributed by atoms with Crippen LogP contribution in [0.25, 0.3) is 11.3 Å². The molecule has 8 heteroatoms. The molecule has 0 saturated carbocycles. The predicted octanol–water partition coefficient (Wildman–Crippen LogP) is 4.58. The number of benzene rings is 2. The number of carboxylic acid groups (broad SMARTS) is 1. The van der Waals surface area contributed by atoms with Crippen molar-refractivity contribution in [3.8, 4) is 11.3 Å². The zero-order chi connectivity index (χ0) is 22.5. The number of hydrogen-bond acceptors (Lipinski definition) is 6. The highest BCUT2D eigenvalue weighted by molar-refractivity contribution is 5.98. The number of esters is 1. The number of nitrogens with zero attached hydrogens (tertiary/aromatic N) is 2. The van der Waals surface area contributed by atoms with Crippen LogP contribution in [0.15, 0.2) is 54.7 Å². The second kappa shape index (κ2) is 9.17. The first-order valence-corrected chi connectivity index (χ1v) is 9.55. The molecule has 0 saturated heterocycles. The van der Waals surface area contributed by atoms with Crippen molar-refractivity contribution in [2.24, 2.45) is 0 Å². The Morgan fingerprint density at radius 3 is 2.42 bits per heavy atom. The van der Waals surface area contributed by atoms with Crippen molar-refractivity contribution in [3.63, 3.8) is 0 Å². The largest absolute Gasteiger partial charge is 0.478 e. The number of carboxylic acids is 1. The first-order valence-electron chi connectivity index (χ1n) is 9.55. The van der Waals surface area contributed by atoms with E-state index in [0.29, 0.717) is 28.8 Å². The Morgan fingerprint density at radius 1 is 1.16 bits per heavy atom. The molecular weight excluding hydrogens is 400 g/mol.